The number of anilines is 1. The number of methoxy groups -OCH3 is 4. The summed E-state index contributed by atoms with van der Waals surface area (Å²) in [5.41, 5.74) is 0.183. The Morgan fingerprint density at radius 1 is 0.784 bits per heavy atom. The Morgan fingerprint density at radius 2 is 1.41 bits per heavy atom. The first-order valence-corrected chi connectivity index (χ1v) is 17.5. The molecular weight excluding hydrogens is 677 g/mol. The Hall–Kier alpha value is -5.30. The number of carbonyl (C=O) groups excluding carboxylic acids is 2. The number of hydrogen-bond acceptors (Lipinski definition) is 8. The van der Waals surface area contributed by atoms with Crippen LogP contribution >= 0.6 is 0 Å². The zero-order valence-corrected chi connectivity index (χ0v) is 30.6. The van der Waals surface area contributed by atoms with Crippen molar-refractivity contribution >= 4 is 27.5 Å². The average molecular weight is 722 g/mol. The van der Waals surface area contributed by atoms with E-state index in [0.717, 1.165) is 9.87 Å². The molecule has 0 aliphatic carbocycles. The average Bonchev–Trinajstić information content (AvgIpc) is 3.11. The number of sulfonamides is 1. The first-order chi connectivity index (χ1) is 24.2. The van der Waals surface area contributed by atoms with E-state index in [4.69, 9.17) is 18.9 Å². The first kappa shape index (κ1) is 38.5. The number of carbonyl (C=O) groups is 2. The SMILES string of the molecule is COc1ccc(OC)c(N(CC(=O)N(Cc2ccccc2F)C(Cc2ccccc2)C(=O)NC(C)(C)C)S(=O)(=O)c2ccc(OC)c(OC)c2)c1. The summed E-state index contributed by atoms with van der Waals surface area (Å²) in [7, 11) is 1.01. The molecule has 272 valence electrons. The number of amides is 2. The van der Waals surface area contributed by atoms with Crippen molar-refractivity contribution < 1.29 is 41.3 Å². The van der Waals surface area contributed by atoms with E-state index in [2.05, 4.69) is 5.32 Å². The van der Waals surface area contributed by atoms with Crippen LogP contribution in [0.1, 0.15) is 31.9 Å². The maximum Gasteiger partial charge on any atom is 0.265 e. The normalized spacial score (nSPS) is 12.0. The zero-order chi connectivity index (χ0) is 37.3. The number of nitrogens with zero attached hydrogens (tertiary/aromatic N) is 2. The molecule has 11 nitrogen and oxygen atoms in total. The fraction of sp³-hybridized carbons (Fsp3) is 0.316. The summed E-state index contributed by atoms with van der Waals surface area (Å²) >= 11 is 0. The van der Waals surface area contributed by atoms with E-state index >= 15 is 4.39 Å². The van der Waals surface area contributed by atoms with Crippen LogP contribution in [0.2, 0.25) is 0 Å². The number of hydrogen-bond donors (Lipinski definition) is 1. The van der Waals surface area contributed by atoms with Gasteiger partial charge in [0.15, 0.2) is 11.5 Å². The van der Waals surface area contributed by atoms with Gasteiger partial charge in [0.05, 0.1) is 39.0 Å². The molecule has 1 unspecified atom stereocenters. The van der Waals surface area contributed by atoms with Gasteiger partial charge in [-0.25, -0.2) is 12.8 Å². The largest absolute Gasteiger partial charge is 0.497 e. The highest BCUT2D eigenvalue weighted by Crippen LogP contribution is 2.38. The van der Waals surface area contributed by atoms with Crippen LogP contribution in [0.15, 0.2) is 95.9 Å². The second kappa shape index (κ2) is 16.6. The van der Waals surface area contributed by atoms with Gasteiger partial charge in [-0.3, -0.25) is 13.9 Å². The van der Waals surface area contributed by atoms with Crippen molar-refractivity contribution in [3.8, 4) is 23.0 Å². The van der Waals surface area contributed by atoms with Crippen LogP contribution in [-0.4, -0.2) is 71.7 Å². The second-order valence-electron chi connectivity index (χ2n) is 12.6. The van der Waals surface area contributed by atoms with Crippen molar-refractivity contribution in [1.29, 1.82) is 0 Å². The van der Waals surface area contributed by atoms with Crippen LogP contribution in [0.5, 0.6) is 23.0 Å². The fourth-order valence-corrected chi connectivity index (χ4v) is 6.86. The van der Waals surface area contributed by atoms with E-state index in [1.807, 2.05) is 30.3 Å². The molecule has 1 atom stereocenters. The summed E-state index contributed by atoms with van der Waals surface area (Å²) in [6, 6.07) is 22.4. The van der Waals surface area contributed by atoms with Crippen LogP contribution < -0.4 is 28.6 Å². The van der Waals surface area contributed by atoms with Gasteiger partial charge in [0, 0.05) is 36.2 Å². The summed E-state index contributed by atoms with van der Waals surface area (Å²) < 4.78 is 67.1. The first-order valence-electron chi connectivity index (χ1n) is 16.1. The number of halogens is 1. The third-order valence-electron chi connectivity index (χ3n) is 7.94. The third kappa shape index (κ3) is 9.48. The van der Waals surface area contributed by atoms with E-state index in [-0.39, 0.29) is 40.6 Å². The molecule has 0 aliphatic rings. The van der Waals surface area contributed by atoms with Gasteiger partial charge in [-0.2, -0.15) is 0 Å². The number of rotatable bonds is 15. The van der Waals surface area contributed by atoms with E-state index in [1.54, 1.807) is 32.9 Å². The second-order valence-corrected chi connectivity index (χ2v) is 14.5. The molecule has 0 fully saturated rings. The quantitative estimate of drug-likeness (QED) is 0.168. The van der Waals surface area contributed by atoms with E-state index in [1.165, 1.54) is 81.9 Å². The molecule has 0 saturated heterocycles. The van der Waals surface area contributed by atoms with Gasteiger partial charge in [0.25, 0.3) is 10.0 Å². The molecule has 13 heteroatoms. The highest BCUT2D eigenvalue weighted by atomic mass is 32.2. The highest BCUT2D eigenvalue weighted by Gasteiger charge is 2.37. The minimum absolute atomic E-state index is 0.00965. The molecule has 2 amide bonds. The van der Waals surface area contributed by atoms with E-state index in [0.29, 0.717) is 11.5 Å². The van der Waals surface area contributed by atoms with Crippen molar-refractivity contribution in [1.82, 2.24) is 10.2 Å². The predicted octanol–water partition coefficient (Wildman–Crippen LogP) is 5.61. The Bertz CT molecular complexity index is 1930. The summed E-state index contributed by atoms with van der Waals surface area (Å²) in [4.78, 5) is 29.9. The molecule has 1 N–H and O–H groups in total. The maximum atomic E-state index is 15.2. The van der Waals surface area contributed by atoms with Crippen LogP contribution in [0.25, 0.3) is 0 Å². The summed E-state index contributed by atoms with van der Waals surface area (Å²) in [6.45, 7) is 4.28. The topological polar surface area (TPSA) is 124 Å². The molecule has 0 radical (unpaired) electrons. The molecule has 0 saturated carbocycles. The smallest absolute Gasteiger partial charge is 0.265 e. The lowest BCUT2D eigenvalue weighted by molar-refractivity contribution is -0.140. The van der Waals surface area contributed by atoms with Crippen LogP contribution in [-0.2, 0) is 32.6 Å². The summed E-state index contributed by atoms with van der Waals surface area (Å²) in [5.74, 6) is -1.01. The molecule has 0 heterocycles. The highest BCUT2D eigenvalue weighted by molar-refractivity contribution is 7.92. The Kier molecular flexibility index (Phi) is 12.5. The fourth-order valence-electron chi connectivity index (χ4n) is 5.43. The third-order valence-corrected chi connectivity index (χ3v) is 9.70. The molecule has 4 rings (SSSR count). The van der Waals surface area contributed by atoms with Gasteiger partial charge in [-0.05, 0) is 56.7 Å². The van der Waals surface area contributed by atoms with Crippen LogP contribution in [0.4, 0.5) is 10.1 Å². The van der Waals surface area contributed by atoms with Crippen molar-refractivity contribution in [2.24, 2.45) is 0 Å². The van der Waals surface area contributed by atoms with Crippen molar-refractivity contribution in [3.63, 3.8) is 0 Å². The van der Waals surface area contributed by atoms with E-state index < -0.39 is 45.8 Å². The standard InChI is InChI=1S/C38H44FN3O8S/c1-38(2,3)40-37(44)32(21-26-13-9-8-10-14-26)41(24-27-15-11-12-16-30(27)39)36(43)25-42(31-22-28(47-4)17-19-33(31)48-5)51(45,46)29-18-20-34(49-6)35(23-29)50-7/h8-20,22-23,32H,21,24-25H2,1-7H3,(H,40,44). The Morgan fingerprint density at radius 3 is 2.02 bits per heavy atom. The zero-order valence-electron chi connectivity index (χ0n) is 29.8. The van der Waals surface area contributed by atoms with Gasteiger partial charge in [-0.1, -0.05) is 48.5 Å². The number of nitrogens with one attached hydrogen (secondary N) is 1. The molecule has 0 bridgehead atoms. The van der Waals surface area contributed by atoms with Gasteiger partial charge in [-0.15, -0.1) is 0 Å². The summed E-state index contributed by atoms with van der Waals surface area (Å²) in [5, 5.41) is 2.95. The van der Waals surface area contributed by atoms with Crippen LogP contribution in [0.3, 0.4) is 0 Å². The summed E-state index contributed by atoms with van der Waals surface area (Å²) in [6.07, 6.45) is 0.0633. The van der Waals surface area contributed by atoms with Crippen molar-refractivity contribution in [2.45, 2.75) is 50.2 Å². The lowest BCUT2D eigenvalue weighted by Gasteiger charge is -2.35. The lowest BCUT2D eigenvalue weighted by atomic mass is 10.0. The molecule has 0 spiro atoms. The van der Waals surface area contributed by atoms with Crippen molar-refractivity contribution in [3.05, 3.63) is 108 Å². The molecule has 4 aromatic carbocycles. The van der Waals surface area contributed by atoms with Gasteiger partial charge >= 0.3 is 0 Å². The molecular formula is C38H44FN3O8S. The van der Waals surface area contributed by atoms with Gasteiger partial charge in [0.2, 0.25) is 11.8 Å². The molecule has 4 aromatic rings. The number of benzene rings is 4. The Labute approximate surface area is 298 Å². The number of ether oxygens (including phenoxy) is 4. The minimum atomic E-state index is -4.57. The molecule has 51 heavy (non-hydrogen) atoms. The Balaban J connectivity index is 1.92. The minimum Gasteiger partial charge on any atom is -0.497 e. The lowest BCUT2D eigenvalue weighted by Crippen LogP contribution is -2.56. The predicted molar refractivity (Wildman–Crippen MR) is 192 cm³/mol. The molecule has 0 aliphatic heterocycles. The van der Waals surface area contributed by atoms with Crippen molar-refractivity contribution in [2.75, 3.05) is 39.3 Å². The van der Waals surface area contributed by atoms with Gasteiger partial charge < -0.3 is 29.2 Å². The van der Waals surface area contributed by atoms with Crippen LogP contribution in [0, 0.1) is 5.82 Å². The maximum absolute atomic E-state index is 15.2. The molecule has 0 aromatic heterocycles. The van der Waals surface area contributed by atoms with E-state index in [9.17, 15) is 18.0 Å². The van der Waals surface area contributed by atoms with Gasteiger partial charge in [0.1, 0.15) is 29.9 Å². The monoisotopic (exact) mass is 721 g/mol.